The molecular formula is C15H23N3O6S2. The number of nitrogens with one attached hydrogen (secondary N) is 1. The summed E-state index contributed by atoms with van der Waals surface area (Å²) in [6.07, 6.45) is 0.479. The van der Waals surface area contributed by atoms with E-state index >= 15 is 0 Å². The van der Waals surface area contributed by atoms with Crippen LogP contribution in [0.4, 0.5) is 5.69 Å². The molecular weight excluding hydrogens is 382 g/mol. The van der Waals surface area contributed by atoms with Gasteiger partial charge in [-0.25, -0.2) is 25.9 Å². The van der Waals surface area contributed by atoms with Gasteiger partial charge in [-0.1, -0.05) is 0 Å². The van der Waals surface area contributed by atoms with Gasteiger partial charge < -0.3 is 9.64 Å². The van der Waals surface area contributed by atoms with Crippen LogP contribution in [0.1, 0.15) is 12.8 Å². The van der Waals surface area contributed by atoms with Crippen LogP contribution in [0.3, 0.4) is 0 Å². The second kappa shape index (κ2) is 7.91. The Kier molecular flexibility index (Phi) is 6.27. The van der Waals surface area contributed by atoms with E-state index in [1.165, 1.54) is 19.2 Å². The molecule has 0 radical (unpaired) electrons. The minimum Gasteiger partial charge on any atom is -0.495 e. The molecule has 0 aliphatic carbocycles. The van der Waals surface area contributed by atoms with E-state index in [0.29, 0.717) is 17.3 Å². The largest absolute Gasteiger partial charge is 0.495 e. The number of sulfonamides is 2. The van der Waals surface area contributed by atoms with Crippen LogP contribution in [0.2, 0.25) is 0 Å². The Balaban J connectivity index is 2.34. The van der Waals surface area contributed by atoms with Gasteiger partial charge in [0, 0.05) is 13.0 Å². The number of rotatable bonds is 8. The van der Waals surface area contributed by atoms with Crippen molar-refractivity contribution in [3.05, 3.63) is 18.2 Å². The van der Waals surface area contributed by atoms with Crippen molar-refractivity contribution < 1.29 is 26.4 Å². The molecule has 0 unspecified atom stereocenters. The molecule has 1 amide bonds. The summed E-state index contributed by atoms with van der Waals surface area (Å²) < 4.78 is 57.6. The van der Waals surface area contributed by atoms with E-state index in [9.17, 15) is 21.6 Å². The van der Waals surface area contributed by atoms with Gasteiger partial charge in [0.2, 0.25) is 26.0 Å². The number of anilines is 1. The molecule has 1 aromatic carbocycles. The van der Waals surface area contributed by atoms with Crippen LogP contribution in [-0.4, -0.2) is 67.7 Å². The molecule has 0 bridgehead atoms. The Morgan fingerprint density at radius 1 is 1.31 bits per heavy atom. The van der Waals surface area contributed by atoms with E-state index in [1.807, 2.05) is 19.0 Å². The predicted octanol–water partition coefficient (Wildman–Crippen LogP) is -0.00830. The molecule has 26 heavy (non-hydrogen) atoms. The molecule has 1 saturated heterocycles. The summed E-state index contributed by atoms with van der Waals surface area (Å²) in [6.45, 7) is 0.926. The zero-order valence-corrected chi connectivity index (χ0v) is 16.6. The molecule has 1 N–H and O–H groups in total. The first-order valence-electron chi connectivity index (χ1n) is 7.97. The van der Waals surface area contributed by atoms with Crippen molar-refractivity contribution in [2.24, 2.45) is 0 Å². The highest BCUT2D eigenvalue weighted by atomic mass is 32.2. The van der Waals surface area contributed by atoms with Crippen molar-refractivity contribution in [3.63, 3.8) is 0 Å². The van der Waals surface area contributed by atoms with Gasteiger partial charge in [-0.05, 0) is 45.3 Å². The summed E-state index contributed by atoms with van der Waals surface area (Å²) in [4.78, 5) is 13.6. The smallest absolute Gasteiger partial charge is 0.244 e. The fraction of sp³-hybridized carbons (Fsp3) is 0.533. The van der Waals surface area contributed by atoms with Crippen molar-refractivity contribution in [1.82, 2.24) is 9.62 Å². The summed E-state index contributed by atoms with van der Waals surface area (Å²) >= 11 is 0. The van der Waals surface area contributed by atoms with Crippen LogP contribution >= 0.6 is 0 Å². The lowest BCUT2D eigenvalue weighted by molar-refractivity contribution is -0.116. The number of ether oxygens (including phenoxy) is 1. The third-order valence-electron chi connectivity index (χ3n) is 3.82. The molecule has 11 heteroatoms. The van der Waals surface area contributed by atoms with Gasteiger partial charge in [0.05, 0.1) is 18.6 Å². The molecule has 9 nitrogen and oxygen atoms in total. The van der Waals surface area contributed by atoms with Crippen molar-refractivity contribution in [3.8, 4) is 5.75 Å². The van der Waals surface area contributed by atoms with E-state index in [4.69, 9.17) is 4.74 Å². The number of amides is 1. The van der Waals surface area contributed by atoms with E-state index in [2.05, 4.69) is 4.72 Å². The maximum Gasteiger partial charge on any atom is 0.244 e. The second-order valence-electron chi connectivity index (χ2n) is 6.11. The fourth-order valence-electron chi connectivity index (χ4n) is 2.55. The maximum atomic E-state index is 12.6. The standard InChI is InChI=1S/C15H23N3O6S2/c1-17(2)9-4-8-16-26(22,23)14-11-12(5-6-13(14)24-3)18-15(19)7-10-25(18,20)21/h5-6,11,16H,4,7-10H2,1-3H3. The number of methoxy groups -OCH3 is 1. The third kappa shape index (κ3) is 4.53. The lowest BCUT2D eigenvalue weighted by Crippen LogP contribution is -2.30. The highest BCUT2D eigenvalue weighted by Crippen LogP contribution is 2.32. The number of hydrogen-bond donors (Lipinski definition) is 1. The van der Waals surface area contributed by atoms with Gasteiger partial charge in [-0.3, -0.25) is 4.79 Å². The van der Waals surface area contributed by atoms with Crippen LogP contribution in [-0.2, 0) is 24.8 Å². The normalized spacial score (nSPS) is 17.1. The van der Waals surface area contributed by atoms with E-state index in [0.717, 1.165) is 6.07 Å². The van der Waals surface area contributed by atoms with E-state index in [-0.39, 0.29) is 35.1 Å². The number of carbonyl (C=O) groups is 1. The van der Waals surface area contributed by atoms with Crippen LogP contribution in [0.5, 0.6) is 5.75 Å². The molecule has 0 saturated carbocycles. The van der Waals surface area contributed by atoms with Crippen molar-refractivity contribution in [1.29, 1.82) is 0 Å². The van der Waals surface area contributed by atoms with Gasteiger partial charge in [0.1, 0.15) is 10.6 Å². The SMILES string of the molecule is COc1ccc(N2C(=O)CCS2(=O)=O)cc1S(=O)(=O)NCCCN(C)C. The first kappa shape index (κ1) is 20.6. The number of benzene rings is 1. The first-order chi connectivity index (χ1) is 12.1. The molecule has 0 aromatic heterocycles. The van der Waals surface area contributed by atoms with Crippen molar-refractivity contribution in [2.75, 3.05) is 44.4 Å². The Bertz CT molecular complexity index is 881. The Morgan fingerprint density at radius 3 is 2.54 bits per heavy atom. The summed E-state index contributed by atoms with van der Waals surface area (Å²) in [5, 5.41) is 0. The Hall–Kier alpha value is -1.69. The van der Waals surface area contributed by atoms with Crippen LogP contribution in [0.15, 0.2) is 23.1 Å². The van der Waals surface area contributed by atoms with Gasteiger partial charge >= 0.3 is 0 Å². The molecule has 2 rings (SSSR count). The van der Waals surface area contributed by atoms with Gasteiger partial charge in [0.15, 0.2) is 0 Å². The molecule has 1 aliphatic rings. The number of nitrogens with zero attached hydrogens (tertiary/aromatic N) is 2. The molecule has 1 fully saturated rings. The highest BCUT2D eigenvalue weighted by Gasteiger charge is 2.37. The fourth-order valence-corrected chi connectivity index (χ4v) is 5.26. The average molecular weight is 405 g/mol. The van der Waals surface area contributed by atoms with Gasteiger partial charge in [-0.2, -0.15) is 0 Å². The summed E-state index contributed by atoms with van der Waals surface area (Å²) in [6, 6.07) is 3.84. The minimum atomic E-state index is -3.93. The van der Waals surface area contributed by atoms with Crippen LogP contribution in [0.25, 0.3) is 0 Å². The van der Waals surface area contributed by atoms with E-state index in [1.54, 1.807) is 0 Å². The monoisotopic (exact) mass is 405 g/mol. The topological polar surface area (TPSA) is 113 Å². The number of hydrogen-bond acceptors (Lipinski definition) is 7. The third-order valence-corrected chi connectivity index (χ3v) is 7.00. The predicted molar refractivity (Wildman–Crippen MR) is 97.2 cm³/mol. The lowest BCUT2D eigenvalue weighted by atomic mass is 10.3. The number of carbonyl (C=O) groups excluding carboxylic acids is 1. The molecule has 1 aromatic rings. The second-order valence-corrected chi connectivity index (χ2v) is 9.79. The Labute approximate surface area is 154 Å². The van der Waals surface area contributed by atoms with Gasteiger partial charge in [0.25, 0.3) is 0 Å². The van der Waals surface area contributed by atoms with Crippen molar-refractivity contribution in [2.45, 2.75) is 17.7 Å². The molecule has 0 spiro atoms. The molecule has 146 valence electrons. The summed E-state index contributed by atoms with van der Waals surface area (Å²) in [7, 11) is -2.63. The zero-order valence-electron chi connectivity index (χ0n) is 14.9. The lowest BCUT2D eigenvalue weighted by Gasteiger charge is -2.18. The summed E-state index contributed by atoms with van der Waals surface area (Å²) in [5.74, 6) is -0.807. The average Bonchev–Trinajstić information content (AvgIpc) is 2.84. The minimum absolute atomic E-state index is 0.0121. The van der Waals surface area contributed by atoms with Crippen molar-refractivity contribution >= 4 is 31.6 Å². The van der Waals surface area contributed by atoms with Crippen LogP contribution in [0, 0.1) is 0 Å². The van der Waals surface area contributed by atoms with E-state index < -0.39 is 26.0 Å². The molecule has 1 aliphatic heterocycles. The van der Waals surface area contributed by atoms with Crippen LogP contribution < -0.4 is 13.8 Å². The zero-order chi connectivity index (χ0) is 19.5. The highest BCUT2D eigenvalue weighted by molar-refractivity contribution is 7.94. The summed E-state index contributed by atoms with van der Waals surface area (Å²) in [5.41, 5.74) is -0.0121. The van der Waals surface area contributed by atoms with Gasteiger partial charge in [-0.15, -0.1) is 0 Å². The Morgan fingerprint density at radius 2 is 2.00 bits per heavy atom. The maximum absolute atomic E-state index is 12.6. The molecule has 1 heterocycles. The molecule has 0 atom stereocenters. The quantitative estimate of drug-likeness (QED) is 0.605. The first-order valence-corrected chi connectivity index (χ1v) is 11.1.